The van der Waals surface area contributed by atoms with E-state index in [1.165, 1.54) is 97.7 Å². The molecular formula is C103H81N3O4P4. The van der Waals surface area contributed by atoms with Crippen molar-refractivity contribution in [3.8, 4) is 44.9 Å². The minimum absolute atomic E-state index is 0.686. The smallest absolute Gasteiger partial charge is 0.160 e. The first-order valence-corrected chi connectivity index (χ1v) is 48.8. The second kappa shape index (κ2) is 29.2. The van der Waals surface area contributed by atoms with Crippen molar-refractivity contribution in [2.45, 2.75) is 0 Å². The number of para-hydroxylation sites is 1. The number of pyridine rings is 1. The summed E-state index contributed by atoms with van der Waals surface area (Å²) in [6.07, 6.45) is 0. The lowest BCUT2D eigenvalue weighted by Crippen LogP contribution is -2.08. The molecule has 552 valence electrons. The van der Waals surface area contributed by atoms with Gasteiger partial charge < -0.3 is 18.3 Å². The Kier molecular flexibility index (Phi) is 18.8. The van der Waals surface area contributed by atoms with Gasteiger partial charge in [-0.25, -0.2) is 15.0 Å². The standard InChI is InChI=1S/C36H27OP.C30H23N2OP.C19H16NOP.C18H15OP/c1-38(2,37)30-19-20-33-34(23-30)36(29-18-16-25-10-4-6-12-27(25)22-29)32-14-8-7-13-31(32)35(33)28-17-15-24-9-3-5-11-26(24)21-28;1-34(2,33)25-16-14-21-15-17-26-28(24-13-12-20-8-6-7-11-23(20)18-24)31-30(22-9-4-3-5-10-22)32-29(26)27(21)19-25;1-22(2,21)19-15-9-5-6-10-17(15)20-18-14-8-4-3-7-13(14)11-12-16(18)19;1-20(2,19)16-11-9-14-7-6-12-4-3-5-13-8-10-15(16)18(14)17(12)13/h3-23H,1-2H3;3-19H,1-2H3;3-12H,1-2H3;3-11H,1-2H3. The van der Waals surface area contributed by atoms with Crippen molar-refractivity contribution in [1.29, 1.82) is 0 Å². The van der Waals surface area contributed by atoms with Crippen LogP contribution in [0.5, 0.6) is 0 Å². The second-order valence-electron chi connectivity index (χ2n) is 31.3. The molecule has 0 fully saturated rings. The predicted octanol–water partition coefficient (Wildman–Crippen LogP) is 27.0. The van der Waals surface area contributed by atoms with Gasteiger partial charge in [0.1, 0.15) is 28.6 Å². The highest BCUT2D eigenvalue weighted by Crippen LogP contribution is 2.49. The fourth-order valence-corrected chi connectivity index (χ4v) is 21.2. The van der Waals surface area contributed by atoms with E-state index in [2.05, 4.69) is 255 Å². The molecule has 0 atom stereocenters. The molecular weight excluding hydrogens is 1470 g/mol. The summed E-state index contributed by atoms with van der Waals surface area (Å²) >= 11 is 0. The molecule has 7 nitrogen and oxygen atoms in total. The maximum atomic E-state index is 13.2. The van der Waals surface area contributed by atoms with Gasteiger partial charge in [0.15, 0.2) is 5.82 Å². The van der Waals surface area contributed by atoms with Crippen LogP contribution < -0.4 is 21.2 Å². The molecule has 0 saturated heterocycles. The van der Waals surface area contributed by atoms with Crippen LogP contribution in [-0.4, -0.2) is 68.3 Å². The summed E-state index contributed by atoms with van der Waals surface area (Å²) in [4.78, 5) is 15.0. The zero-order valence-electron chi connectivity index (χ0n) is 64.7. The summed E-state index contributed by atoms with van der Waals surface area (Å²) in [5.41, 5.74) is 10.4. The van der Waals surface area contributed by atoms with Crippen LogP contribution in [-0.2, 0) is 18.3 Å². The van der Waals surface area contributed by atoms with E-state index in [0.717, 1.165) is 103 Å². The van der Waals surface area contributed by atoms with Gasteiger partial charge in [-0.1, -0.05) is 303 Å². The summed E-state index contributed by atoms with van der Waals surface area (Å²) < 4.78 is 51.6. The lowest BCUT2D eigenvalue weighted by molar-refractivity contribution is 0.587. The molecule has 0 aliphatic rings. The van der Waals surface area contributed by atoms with Crippen molar-refractivity contribution < 1.29 is 18.3 Å². The highest BCUT2D eigenvalue weighted by Gasteiger charge is 2.25. The minimum Gasteiger partial charge on any atom is -0.319 e. The second-order valence-corrected chi connectivity index (χ2v) is 44.1. The molecule has 0 radical (unpaired) electrons. The Hall–Kier alpha value is -12.0. The van der Waals surface area contributed by atoms with E-state index in [0.29, 0.717) is 5.82 Å². The number of fused-ring (bicyclic) bond motifs is 12. The molecule has 11 heteroatoms. The number of aromatic nitrogens is 3. The Labute approximate surface area is 662 Å². The Morgan fingerprint density at radius 1 is 0.219 bits per heavy atom. The lowest BCUT2D eigenvalue weighted by atomic mass is 9.85. The van der Waals surface area contributed by atoms with Crippen molar-refractivity contribution in [3.05, 3.63) is 346 Å². The van der Waals surface area contributed by atoms with Crippen LogP contribution in [0.1, 0.15) is 0 Å². The average Bonchev–Trinajstić information content (AvgIpc) is 0.739. The number of rotatable bonds is 8. The molecule has 0 spiro atoms. The highest BCUT2D eigenvalue weighted by molar-refractivity contribution is 7.71. The van der Waals surface area contributed by atoms with Gasteiger partial charge in [0.2, 0.25) is 0 Å². The lowest BCUT2D eigenvalue weighted by Gasteiger charge is -2.20. The normalized spacial score (nSPS) is 12.2. The van der Waals surface area contributed by atoms with Crippen molar-refractivity contribution in [2.75, 3.05) is 53.3 Å². The topological polar surface area (TPSA) is 107 Å². The molecule has 0 bridgehead atoms. The minimum atomic E-state index is -2.45. The summed E-state index contributed by atoms with van der Waals surface area (Å²) in [5.74, 6) is 0.686. The molecule has 21 aromatic rings. The van der Waals surface area contributed by atoms with E-state index in [9.17, 15) is 18.3 Å². The molecule has 19 aromatic carbocycles. The average molecular weight is 1550 g/mol. The summed E-state index contributed by atoms with van der Waals surface area (Å²) in [6, 6.07) is 120. The van der Waals surface area contributed by atoms with Gasteiger partial charge in [0.25, 0.3) is 0 Å². The Balaban J connectivity index is 0.000000109. The summed E-state index contributed by atoms with van der Waals surface area (Å²) in [7, 11) is -9.57. The zero-order valence-corrected chi connectivity index (χ0v) is 68.3. The first-order chi connectivity index (χ1) is 55.1. The molecule has 0 N–H and O–H groups in total. The van der Waals surface area contributed by atoms with E-state index < -0.39 is 28.6 Å². The first-order valence-electron chi connectivity index (χ1n) is 38.4. The van der Waals surface area contributed by atoms with E-state index in [-0.39, 0.29) is 0 Å². The molecule has 0 saturated carbocycles. The van der Waals surface area contributed by atoms with Crippen molar-refractivity contribution >= 4 is 190 Å². The van der Waals surface area contributed by atoms with Crippen molar-refractivity contribution in [1.82, 2.24) is 15.0 Å². The van der Waals surface area contributed by atoms with E-state index >= 15 is 0 Å². The van der Waals surface area contributed by atoms with Crippen LogP contribution in [0.3, 0.4) is 0 Å². The van der Waals surface area contributed by atoms with Crippen LogP contribution in [0, 0.1) is 0 Å². The van der Waals surface area contributed by atoms with Crippen LogP contribution in [0.25, 0.3) is 185 Å². The van der Waals surface area contributed by atoms with Gasteiger partial charge in [-0.2, -0.15) is 0 Å². The molecule has 2 heterocycles. The summed E-state index contributed by atoms with van der Waals surface area (Å²) in [6.45, 7) is 14.7. The number of hydrogen-bond acceptors (Lipinski definition) is 7. The van der Waals surface area contributed by atoms with Crippen LogP contribution in [0.2, 0.25) is 0 Å². The molecule has 21 rings (SSSR count). The van der Waals surface area contributed by atoms with Crippen LogP contribution in [0.4, 0.5) is 0 Å². The third kappa shape index (κ3) is 13.8. The number of hydrogen-bond donors (Lipinski definition) is 0. The van der Waals surface area contributed by atoms with E-state index in [1.807, 2.05) is 144 Å². The van der Waals surface area contributed by atoms with Gasteiger partial charge in [-0.05, 0) is 215 Å². The fourth-order valence-electron chi connectivity index (χ4n) is 16.7. The first kappa shape index (κ1) is 73.4. The van der Waals surface area contributed by atoms with Gasteiger partial charge in [-0.3, -0.25) is 0 Å². The van der Waals surface area contributed by atoms with Crippen LogP contribution in [0.15, 0.2) is 346 Å². The summed E-state index contributed by atoms with van der Waals surface area (Å²) in [5, 5.41) is 30.5. The molecule has 114 heavy (non-hydrogen) atoms. The monoisotopic (exact) mass is 1550 g/mol. The molecule has 2 aromatic heterocycles. The zero-order chi connectivity index (χ0) is 78.4. The van der Waals surface area contributed by atoms with E-state index in [1.54, 1.807) is 0 Å². The van der Waals surface area contributed by atoms with Crippen molar-refractivity contribution in [3.63, 3.8) is 0 Å². The maximum Gasteiger partial charge on any atom is 0.160 e. The molecule has 0 aliphatic heterocycles. The molecule has 0 aliphatic carbocycles. The Bertz CT molecular complexity index is 7670. The van der Waals surface area contributed by atoms with Gasteiger partial charge in [-0.15, -0.1) is 0 Å². The van der Waals surface area contributed by atoms with Crippen molar-refractivity contribution in [2.24, 2.45) is 0 Å². The van der Waals surface area contributed by atoms with Gasteiger partial charge >= 0.3 is 0 Å². The largest absolute Gasteiger partial charge is 0.319 e. The third-order valence-corrected chi connectivity index (χ3v) is 28.4. The fraction of sp³-hybridized carbons (Fsp3) is 0.0777. The van der Waals surface area contributed by atoms with Gasteiger partial charge in [0, 0.05) is 59.3 Å². The Morgan fingerprint density at radius 3 is 1.20 bits per heavy atom. The van der Waals surface area contributed by atoms with Crippen LogP contribution >= 0.6 is 28.6 Å². The quantitative estimate of drug-likeness (QED) is 0.0847. The molecule has 0 unspecified atom stereocenters. The SMILES string of the molecule is CP(C)(=O)c1c2ccccc2nc2c1ccc1ccccc12.CP(C)(=O)c1ccc2c(-c3ccc4ccccc4c3)c3ccccc3c(-c3ccc4ccccc4c3)c2c1.CP(C)(=O)c1ccc2ccc3c(-c4ccc5ccccc5c4)nc(-c4ccccc4)nc3c2c1.CP(C)(=O)c1ccc2ccc3cccc4ccc1c2c34. The molecule has 0 amide bonds. The maximum absolute atomic E-state index is 13.2. The highest BCUT2D eigenvalue weighted by atomic mass is 31.2. The Morgan fingerprint density at radius 2 is 0.614 bits per heavy atom. The third-order valence-electron chi connectivity index (χ3n) is 22.2. The number of benzene rings is 19. The number of nitrogens with zero attached hydrogens (tertiary/aromatic N) is 3. The van der Waals surface area contributed by atoms with E-state index in [4.69, 9.17) is 15.0 Å². The van der Waals surface area contributed by atoms with Gasteiger partial charge in [0.05, 0.1) is 22.2 Å². The predicted molar refractivity (Wildman–Crippen MR) is 496 cm³/mol.